The van der Waals surface area contributed by atoms with Crippen molar-refractivity contribution in [3.63, 3.8) is 0 Å². The fraction of sp³-hybridized carbons (Fsp3) is 0.419. The second-order valence-electron chi connectivity index (χ2n) is 13.0. The van der Waals surface area contributed by atoms with Crippen LogP contribution in [0.3, 0.4) is 0 Å². The molecule has 3 aliphatic carbocycles. The maximum atomic E-state index is 14.3. The van der Waals surface area contributed by atoms with Gasteiger partial charge in [0.25, 0.3) is 5.91 Å². The zero-order chi connectivity index (χ0) is 32.7. The molecule has 232 valence electrons. The maximum Gasteiger partial charge on any atom is 0.251 e. The number of carbonyl (C=O) groups excluding carboxylic acids is 6. The van der Waals surface area contributed by atoms with E-state index in [1.165, 1.54) is 6.07 Å². The highest BCUT2D eigenvalue weighted by atomic mass is 19.1. The number of primary amides is 1. The number of nitrogens with two attached hydrogens (primary N) is 2. The van der Waals surface area contributed by atoms with Crippen molar-refractivity contribution in [3.8, 4) is 5.75 Å². The van der Waals surface area contributed by atoms with Crippen LogP contribution in [0.4, 0.5) is 8.78 Å². The van der Waals surface area contributed by atoms with E-state index in [0.29, 0.717) is 17.2 Å². The smallest absolute Gasteiger partial charge is 0.251 e. The van der Waals surface area contributed by atoms with E-state index in [2.05, 4.69) is 5.32 Å². The summed E-state index contributed by atoms with van der Waals surface area (Å²) in [6, 6.07) is 3.32. The molecular weight excluding hydrogens is 580 g/mol. The Bertz CT molecular complexity index is 1660. The molecule has 7 N–H and O–H groups in total. The minimum atomic E-state index is -3.05. The van der Waals surface area contributed by atoms with Gasteiger partial charge in [-0.15, -0.1) is 0 Å². The van der Waals surface area contributed by atoms with E-state index >= 15 is 0 Å². The van der Waals surface area contributed by atoms with E-state index < -0.39 is 111 Å². The highest BCUT2D eigenvalue weighted by molar-refractivity contribution is 6.32. The number of aromatic hydroxyl groups is 1. The highest BCUT2D eigenvalue weighted by Gasteiger charge is 2.72. The molecule has 0 bridgehead atoms. The van der Waals surface area contributed by atoms with Crippen LogP contribution in [0.25, 0.3) is 0 Å². The van der Waals surface area contributed by atoms with Gasteiger partial charge in [-0.05, 0) is 47.6 Å². The van der Waals surface area contributed by atoms with Gasteiger partial charge in [-0.25, -0.2) is 8.78 Å². The lowest BCUT2D eigenvalue weighted by Gasteiger charge is -2.56. The number of hydrogen-bond donors (Lipinski definition) is 5. The number of halogens is 2. The number of aliphatic hydroxyl groups is 1. The molecule has 2 aromatic rings. The molecule has 2 fully saturated rings. The van der Waals surface area contributed by atoms with Gasteiger partial charge in [-0.1, -0.05) is 26.8 Å². The van der Waals surface area contributed by atoms with E-state index in [1.807, 2.05) is 20.8 Å². The van der Waals surface area contributed by atoms with Crippen LogP contribution < -0.4 is 16.8 Å². The van der Waals surface area contributed by atoms with Crippen molar-refractivity contribution in [2.24, 2.45) is 34.6 Å². The Kier molecular flexibility index (Phi) is 7.13. The summed E-state index contributed by atoms with van der Waals surface area (Å²) in [6.45, 7) is 5.07. The summed E-state index contributed by atoms with van der Waals surface area (Å²) >= 11 is 0. The number of phenolic OH excluding ortho intramolecular Hbond substituents is 1. The van der Waals surface area contributed by atoms with Crippen molar-refractivity contribution in [2.45, 2.75) is 50.7 Å². The number of fused-ring (bicyclic) bond motifs is 3. The molecule has 2 amide bonds. The Labute approximate surface area is 250 Å². The predicted molar refractivity (Wildman–Crippen MR) is 148 cm³/mol. The monoisotopic (exact) mass is 611 g/mol. The SMILES string of the molecule is CC(C)(C)c1ccc(O)c2c1CC1(CNC(=O)c3cc(F)cc(F)c3)CC3C(N)C(=O)C(C(N)=O)C(=O)C3(O)C(=O)C1C2=O. The van der Waals surface area contributed by atoms with Crippen molar-refractivity contribution >= 4 is 34.9 Å². The lowest BCUT2D eigenvalue weighted by Crippen LogP contribution is -2.76. The van der Waals surface area contributed by atoms with Gasteiger partial charge in [0.2, 0.25) is 5.91 Å². The number of phenols is 1. The van der Waals surface area contributed by atoms with Crippen LogP contribution in [0.5, 0.6) is 5.75 Å². The molecule has 0 heterocycles. The first kappa shape index (κ1) is 31.1. The highest BCUT2D eigenvalue weighted by Crippen LogP contribution is 2.56. The summed E-state index contributed by atoms with van der Waals surface area (Å²) in [5, 5.41) is 25.0. The lowest BCUT2D eigenvalue weighted by molar-refractivity contribution is -0.181. The van der Waals surface area contributed by atoms with Crippen molar-refractivity contribution in [1.82, 2.24) is 5.32 Å². The Morgan fingerprint density at radius 2 is 1.66 bits per heavy atom. The topological polar surface area (TPSA) is 207 Å². The third-order valence-corrected chi connectivity index (χ3v) is 9.24. The summed E-state index contributed by atoms with van der Waals surface area (Å²) in [5.74, 6) is -15.5. The van der Waals surface area contributed by atoms with E-state index in [-0.39, 0.29) is 12.0 Å². The summed E-state index contributed by atoms with van der Waals surface area (Å²) in [4.78, 5) is 80.1. The van der Waals surface area contributed by atoms with Gasteiger partial charge in [0.05, 0.1) is 17.5 Å². The number of rotatable bonds is 4. The molecule has 3 aliphatic rings. The van der Waals surface area contributed by atoms with Gasteiger partial charge >= 0.3 is 0 Å². The molecule has 6 atom stereocenters. The fourth-order valence-corrected chi connectivity index (χ4v) is 7.23. The van der Waals surface area contributed by atoms with E-state index in [4.69, 9.17) is 11.5 Å². The van der Waals surface area contributed by atoms with Crippen LogP contribution in [0.15, 0.2) is 30.3 Å². The van der Waals surface area contributed by atoms with E-state index in [1.54, 1.807) is 6.07 Å². The van der Waals surface area contributed by atoms with Crippen LogP contribution in [-0.2, 0) is 31.0 Å². The molecule has 6 unspecified atom stereocenters. The van der Waals surface area contributed by atoms with E-state index in [0.717, 1.165) is 12.1 Å². The Morgan fingerprint density at radius 3 is 2.23 bits per heavy atom. The summed E-state index contributed by atoms with van der Waals surface area (Å²) in [5.41, 5.74) is 6.52. The van der Waals surface area contributed by atoms with Crippen LogP contribution in [0.1, 0.15) is 59.0 Å². The molecule has 0 saturated heterocycles. The van der Waals surface area contributed by atoms with Crippen LogP contribution in [-0.4, -0.2) is 63.3 Å². The molecule has 5 rings (SSSR count). The number of benzene rings is 2. The van der Waals surface area contributed by atoms with Gasteiger partial charge in [-0.3, -0.25) is 28.8 Å². The average Bonchev–Trinajstić information content (AvgIpc) is 2.91. The Balaban J connectivity index is 1.69. The number of amides is 2. The predicted octanol–water partition coefficient (Wildman–Crippen LogP) is 0.640. The number of carbonyl (C=O) groups is 6. The molecule has 0 aliphatic heterocycles. The molecule has 0 spiro atoms. The third-order valence-electron chi connectivity index (χ3n) is 9.24. The minimum absolute atomic E-state index is 0.162. The van der Waals surface area contributed by atoms with Crippen molar-refractivity contribution in [1.29, 1.82) is 0 Å². The number of hydrogen-bond acceptors (Lipinski definition) is 9. The Morgan fingerprint density at radius 1 is 1.05 bits per heavy atom. The zero-order valence-electron chi connectivity index (χ0n) is 24.1. The van der Waals surface area contributed by atoms with Gasteiger partial charge in [0.15, 0.2) is 34.7 Å². The molecule has 44 heavy (non-hydrogen) atoms. The number of ketones is 4. The normalized spacial score (nSPS) is 29.9. The quantitative estimate of drug-likeness (QED) is 0.307. The van der Waals surface area contributed by atoms with Crippen LogP contribution >= 0.6 is 0 Å². The van der Waals surface area contributed by atoms with Crippen LogP contribution in [0, 0.1) is 34.8 Å². The molecule has 0 radical (unpaired) electrons. The summed E-state index contributed by atoms with van der Waals surface area (Å²) < 4.78 is 27.7. The molecule has 11 nitrogen and oxygen atoms in total. The molecule has 2 saturated carbocycles. The second kappa shape index (κ2) is 10.1. The van der Waals surface area contributed by atoms with Gasteiger partial charge in [0, 0.05) is 29.5 Å². The molecule has 13 heteroatoms. The standard InChI is InChI=1S/C31H31F2N3O8/c1-29(2,3)16-4-5-18(37)19-15(16)9-30(11-36-28(43)12-6-13(32)8-14(33)7-12)10-17-22(34)24(39)20(27(35)42)25(40)31(17,44)26(41)21(30)23(19)38/h4-8,17,20-22,37,44H,9-11,34H2,1-3H3,(H2,35,42)(H,36,43). The first-order chi connectivity index (χ1) is 20.3. The van der Waals surface area contributed by atoms with Crippen molar-refractivity contribution in [2.75, 3.05) is 6.54 Å². The van der Waals surface area contributed by atoms with E-state index in [9.17, 15) is 47.8 Å². The fourth-order valence-electron chi connectivity index (χ4n) is 7.23. The molecule has 0 aromatic heterocycles. The van der Waals surface area contributed by atoms with Gasteiger partial charge in [-0.2, -0.15) is 0 Å². The molecule has 2 aromatic carbocycles. The first-order valence-corrected chi connectivity index (χ1v) is 13.9. The number of nitrogens with one attached hydrogen (secondary N) is 1. The largest absolute Gasteiger partial charge is 0.507 e. The second-order valence-corrected chi connectivity index (χ2v) is 13.0. The van der Waals surface area contributed by atoms with Gasteiger partial charge in [0.1, 0.15) is 17.4 Å². The zero-order valence-corrected chi connectivity index (χ0v) is 24.1. The minimum Gasteiger partial charge on any atom is -0.507 e. The van der Waals surface area contributed by atoms with Crippen molar-refractivity contribution in [3.05, 3.63) is 64.2 Å². The molecular formula is C31H31F2N3O8. The Hall–Kier alpha value is -4.36. The maximum absolute atomic E-state index is 14.3. The van der Waals surface area contributed by atoms with Crippen LogP contribution in [0.2, 0.25) is 0 Å². The van der Waals surface area contributed by atoms with Gasteiger partial charge < -0.3 is 27.0 Å². The number of Topliss-reactive ketones (excluding diaryl/α,β-unsaturated/α-hetero) is 4. The summed E-state index contributed by atoms with van der Waals surface area (Å²) in [6.07, 6.45) is -0.601. The third kappa shape index (κ3) is 4.44. The first-order valence-electron chi connectivity index (χ1n) is 13.9. The lowest BCUT2D eigenvalue weighted by atomic mass is 9.46. The summed E-state index contributed by atoms with van der Waals surface area (Å²) in [7, 11) is 0. The van der Waals surface area contributed by atoms with Crippen molar-refractivity contribution < 1.29 is 47.8 Å². The average molecular weight is 612 g/mol.